The summed E-state index contributed by atoms with van der Waals surface area (Å²) in [6.07, 6.45) is 2.93. The highest BCUT2D eigenvalue weighted by molar-refractivity contribution is 6.31. The minimum Gasteiger partial charge on any atom is -0.299 e. The summed E-state index contributed by atoms with van der Waals surface area (Å²) in [7, 11) is 0. The summed E-state index contributed by atoms with van der Waals surface area (Å²) in [5.41, 5.74) is 0.938. The number of hydrogen-bond donors (Lipinski definition) is 0. The molecule has 0 N–H and O–H groups in total. The predicted octanol–water partition coefficient (Wildman–Crippen LogP) is 3.62. The molecule has 1 aromatic rings. The minimum atomic E-state index is -0.551. The van der Waals surface area contributed by atoms with Gasteiger partial charge in [-0.25, -0.2) is 0 Å². The van der Waals surface area contributed by atoms with Gasteiger partial charge in [0.05, 0.1) is 5.92 Å². The Kier molecular flexibility index (Phi) is 5.79. The van der Waals surface area contributed by atoms with Gasteiger partial charge in [-0.2, -0.15) is 0 Å². The normalized spacial score (nSPS) is 11.9. The van der Waals surface area contributed by atoms with Crippen molar-refractivity contribution in [1.29, 1.82) is 0 Å². The van der Waals surface area contributed by atoms with E-state index in [9.17, 15) is 9.59 Å². The number of ketones is 2. The zero-order chi connectivity index (χ0) is 13.5. The average Bonchev–Trinajstić information content (AvgIpc) is 2.34. The number of halogens is 1. The Hall–Kier alpha value is -1.41. The van der Waals surface area contributed by atoms with Gasteiger partial charge in [-0.15, -0.1) is 6.58 Å². The summed E-state index contributed by atoms with van der Waals surface area (Å²) in [6, 6.07) is 7.43. The van der Waals surface area contributed by atoms with Gasteiger partial charge in [0.2, 0.25) is 0 Å². The molecule has 96 valence electrons. The molecule has 0 saturated heterocycles. The molecule has 2 nitrogen and oxygen atoms in total. The van der Waals surface area contributed by atoms with Crippen LogP contribution in [0.4, 0.5) is 0 Å². The first-order valence-electron chi connectivity index (χ1n) is 5.93. The molecule has 0 amide bonds. The highest BCUT2D eigenvalue weighted by atomic mass is 35.5. The van der Waals surface area contributed by atoms with Gasteiger partial charge in [-0.1, -0.05) is 35.9 Å². The third-order valence-electron chi connectivity index (χ3n) is 2.88. The molecule has 0 spiro atoms. The molecular weight excluding hydrogens is 248 g/mol. The molecule has 1 unspecified atom stereocenters. The van der Waals surface area contributed by atoms with Crippen LogP contribution in [0.2, 0.25) is 5.02 Å². The van der Waals surface area contributed by atoms with Crippen molar-refractivity contribution >= 4 is 23.2 Å². The zero-order valence-corrected chi connectivity index (χ0v) is 11.2. The lowest BCUT2D eigenvalue weighted by atomic mass is 9.92. The van der Waals surface area contributed by atoms with Crippen LogP contribution in [0.1, 0.15) is 25.3 Å². The van der Waals surface area contributed by atoms with Crippen molar-refractivity contribution in [1.82, 2.24) is 0 Å². The van der Waals surface area contributed by atoms with Crippen molar-refractivity contribution in [3.05, 3.63) is 47.5 Å². The van der Waals surface area contributed by atoms with Crippen LogP contribution in [0.3, 0.4) is 0 Å². The summed E-state index contributed by atoms with van der Waals surface area (Å²) < 4.78 is 0. The Balaban J connectivity index is 2.62. The lowest BCUT2D eigenvalue weighted by Crippen LogP contribution is -2.21. The fourth-order valence-electron chi connectivity index (χ4n) is 1.82. The quantitative estimate of drug-likeness (QED) is 0.557. The third kappa shape index (κ3) is 4.11. The molecule has 0 aromatic heterocycles. The molecule has 0 radical (unpaired) electrons. The zero-order valence-electron chi connectivity index (χ0n) is 10.5. The number of aryl methyl sites for hydroxylation is 1. The van der Waals surface area contributed by atoms with Crippen LogP contribution in [0.15, 0.2) is 36.9 Å². The summed E-state index contributed by atoms with van der Waals surface area (Å²) >= 11 is 6.02. The summed E-state index contributed by atoms with van der Waals surface area (Å²) in [4.78, 5) is 23.3. The second-order valence-corrected chi connectivity index (χ2v) is 4.65. The second kappa shape index (κ2) is 7.12. The van der Waals surface area contributed by atoms with Gasteiger partial charge in [0, 0.05) is 11.4 Å². The summed E-state index contributed by atoms with van der Waals surface area (Å²) in [5, 5.41) is 0.661. The highest BCUT2D eigenvalue weighted by Crippen LogP contribution is 2.18. The highest BCUT2D eigenvalue weighted by Gasteiger charge is 2.21. The largest absolute Gasteiger partial charge is 0.299 e. The number of carbonyl (C=O) groups is 2. The Bertz CT molecular complexity index is 452. The van der Waals surface area contributed by atoms with Crippen LogP contribution in [-0.4, -0.2) is 11.6 Å². The minimum absolute atomic E-state index is 0.0395. The van der Waals surface area contributed by atoms with E-state index in [0.717, 1.165) is 5.56 Å². The van der Waals surface area contributed by atoms with Crippen LogP contribution in [0, 0.1) is 5.92 Å². The maximum atomic E-state index is 11.9. The molecule has 18 heavy (non-hydrogen) atoms. The number of hydrogen-bond acceptors (Lipinski definition) is 2. The van der Waals surface area contributed by atoms with Gasteiger partial charge in [0.15, 0.2) is 0 Å². The van der Waals surface area contributed by atoms with Crippen LogP contribution < -0.4 is 0 Å². The molecule has 0 heterocycles. The van der Waals surface area contributed by atoms with Gasteiger partial charge in [-0.05, 0) is 31.4 Å². The topological polar surface area (TPSA) is 34.1 Å². The molecule has 3 heteroatoms. The maximum absolute atomic E-state index is 11.9. The molecule has 0 aliphatic carbocycles. The molecule has 0 saturated carbocycles. The van der Waals surface area contributed by atoms with Crippen LogP contribution in [-0.2, 0) is 16.0 Å². The maximum Gasteiger partial charge on any atom is 0.143 e. The molecule has 0 bridgehead atoms. The first-order chi connectivity index (χ1) is 8.56. The van der Waals surface area contributed by atoms with E-state index in [0.29, 0.717) is 24.3 Å². The fourth-order valence-corrected chi connectivity index (χ4v) is 2.05. The van der Waals surface area contributed by atoms with E-state index >= 15 is 0 Å². The number of rotatable bonds is 7. The van der Waals surface area contributed by atoms with Gasteiger partial charge < -0.3 is 0 Å². The fraction of sp³-hybridized carbons (Fsp3) is 0.333. The predicted molar refractivity (Wildman–Crippen MR) is 73.8 cm³/mol. The van der Waals surface area contributed by atoms with Crippen molar-refractivity contribution in [2.75, 3.05) is 0 Å². The van der Waals surface area contributed by atoms with Gasteiger partial charge >= 0.3 is 0 Å². The summed E-state index contributed by atoms with van der Waals surface area (Å²) in [5.74, 6) is -0.689. The standard InChI is InChI=1S/C15H17ClO2/c1-3-6-13(11(2)17)15(18)10-9-12-7-4-5-8-14(12)16/h3-5,7-8,13H,1,6,9-10H2,2H3. The second-order valence-electron chi connectivity index (χ2n) is 4.25. The number of Topliss-reactive ketones (excluding diaryl/α,β-unsaturated/α-hetero) is 2. The van der Waals surface area contributed by atoms with E-state index < -0.39 is 5.92 Å². The van der Waals surface area contributed by atoms with E-state index in [2.05, 4.69) is 6.58 Å². The van der Waals surface area contributed by atoms with Crippen LogP contribution in [0.25, 0.3) is 0 Å². The van der Waals surface area contributed by atoms with E-state index in [-0.39, 0.29) is 11.6 Å². The van der Waals surface area contributed by atoms with Crippen molar-refractivity contribution in [2.24, 2.45) is 5.92 Å². The Labute approximate surface area is 113 Å². The van der Waals surface area contributed by atoms with E-state index in [1.165, 1.54) is 6.92 Å². The van der Waals surface area contributed by atoms with Crippen LogP contribution >= 0.6 is 11.6 Å². The molecule has 1 aromatic carbocycles. The lowest BCUT2D eigenvalue weighted by Gasteiger charge is -2.10. The van der Waals surface area contributed by atoms with Crippen LogP contribution in [0.5, 0.6) is 0 Å². The molecule has 0 fully saturated rings. The van der Waals surface area contributed by atoms with Crippen molar-refractivity contribution in [2.45, 2.75) is 26.2 Å². The van der Waals surface area contributed by atoms with E-state index in [4.69, 9.17) is 11.6 Å². The molecule has 0 aliphatic rings. The smallest absolute Gasteiger partial charge is 0.143 e. The molecular formula is C15H17ClO2. The lowest BCUT2D eigenvalue weighted by molar-refractivity contribution is -0.131. The van der Waals surface area contributed by atoms with Crippen molar-refractivity contribution < 1.29 is 9.59 Å². The SMILES string of the molecule is C=CCC(C(C)=O)C(=O)CCc1ccccc1Cl. The molecule has 0 aliphatic heterocycles. The Morgan fingerprint density at radius 3 is 2.61 bits per heavy atom. The number of carbonyl (C=O) groups excluding carboxylic acids is 2. The Morgan fingerprint density at radius 1 is 1.39 bits per heavy atom. The van der Waals surface area contributed by atoms with Gasteiger partial charge in [0.1, 0.15) is 11.6 Å². The first kappa shape index (κ1) is 14.7. The van der Waals surface area contributed by atoms with Crippen molar-refractivity contribution in [3.8, 4) is 0 Å². The summed E-state index contributed by atoms with van der Waals surface area (Å²) in [6.45, 7) is 5.02. The Morgan fingerprint density at radius 2 is 2.06 bits per heavy atom. The number of allylic oxidation sites excluding steroid dienone is 1. The average molecular weight is 265 g/mol. The first-order valence-corrected chi connectivity index (χ1v) is 6.31. The van der Waals surface area contributed by atoms with E-state index in [1.54, 1.807) is 12.1 Å². The monoisotopic (exact) mass is 264 g/mol. The molecule has 1 atom stereocenters. The molecule has 1 rings (SSSR count). The van der Waals surface area contributed by atoms with E-state index in [1.807, 2.05) is 18.2 Å². The van der Waals surface area contributed by atoms with Crippen molar-refractivity contribution in [3.63, 3.8) is 0 Å². The third-order valence-corrected chi connectivity index (χ3v) is 3.25. The van der Waals surface area contributed by atoms with Gasteiger partial charge in [-0.3, -0.25) is 9.59 Å². The number of benzene rings is 1. The van der Waals surface area contributed by atoms with Gasteiger partial charge in [0.25, 0.3) is 0 Å².